The van der Waals surface area contributed by atoms with Crippen LogP contribution in [0.25, 0.3) is 0 Å². The van der Waals surface area contributed by atoms with Gasteiger partial charge in [0.2, 0.25) is 0 Å². The molecule has 0 rings (SSSR count). The third-order valence-corrected chi connectivity index (χ3v) is 0.407. The Kier molecular flexibility index (Phi) is 6.50. The molecule has 3 heteroatoms. The van der Waals surface area contributed by atoms with Gasteiger partial charge in [-0.1, -0.05) is 6.92 Å². The summed E-state index contributed by atoms with van der Waals surface area (Å²) in [6.45, 7) is 2.70. The van der Waals surface area contributed by atoms with Gasteiger partial charge in [-0.25, -0.2) is 0 Å². The molecule has 0 spiro atoms. The molecule has 0 fully saturated rings. The van der Waals surface area contributed by atoms with Crippen LogP contribution in [0, 0.1) is 0 Å². The molecule has 0 aromatic rings. The van der Waals surface area contributed by atoms with Crippen molar-refractivity contribution in [1.29, 1.82) is 0 Å². The van der Waals surface area contributed by atoms with Gasteiger partial charge in [-0.05, 0) is 13.0 Å². The Morgan fingerprint density at radius 1 is 1.50 bits per heavy atom. The van der Waals surface area contributed by atoms with Gasteiger partial charge in [0, 0.05) is 0 Å². The minimum atomic E-state index is -0.187. The van der Waals surface area contributed by atoms with E-state index in [9.17, 15) is 9.90 Å². The monoisotopic (exact) mass is 154 g/mol. The summed E-state index contributed by atoms with van der Waals surface area (Å²) in [7, 11) is 0. The minimum Gasteiger partial charge on any atom is -0.876 e. The Bertz CT molecular complexity index is 103. The number of ketones is 1. The molecule has 0 aromatic heterocycles. The van der Waals surface area contributed by atoms with E-state index in [2.05, 4.69) is 0 Å². The average Bonchev–Trinajstić information content (AvgIpc) is 1.27. The van der Waals surface area contributed by atoms with Crippen molar-refractivity contribution in [2.24, 2.45) is 0 Å². The molecule has 8 heavy (non-hydrogen) atoms. The Hall–Kier alpha value is -0.271. The summed E-state index contributed by atoms with van der Waals surface area (Å²) in [5, 5.41) is 9.98. The van der Waals surface area contributed by atoms with E-state index in [1.54, 1.807) is 0 Å². The van der Waals surface area contributed by atoms with Crippen LogP contribution < -0.4 is 5.11 Å². The molecule has 0 aliphatic heterocycles. The Morgan fingerprint density at radius 2 is 1.88 bits per heavy atom. The molecule has 0 unspecified atom stereocenters. The van der Waals surface area contributed by atoms with Crippen molar-refractivity contribution in [3.8, 4) is 0 Å². The zero-order valence-corrected chi connectivity index (χ0v) is 5.95. The van der Waals surface area contributed by atoms with Gasteiger partial charge in [0.25, 0.3) is 0 Å². The SMILES string of the molecule is CC(=O)C=C(C)[O-].[Mn+3]. The van der Waals surface area contributed by atoms with Crippen molar-refractivity contribution < 1.29 is 27.0 Å². The van der Waals surface area contributed by atoms with E-state index >= 15 is 0 Å². The third kappa shape index (κ3) is 9.21. The fourth-order valence-corrected chi connectivity index (χ4v) is 0.286. The van der Waals surface area contributed by atoms with E-state index in [0.717, 1.165) is 6.08 Å². The number of rotatable bonds is 1. The van der Waals surface area contributed by atoms with Crippen LogP contribution >= 0.6 is 0 Å². The molecular formula is C5H7MnO2+2. The first-order chi connectivity index (χ1) is 3.13. The maximum Gasteiger partial charge on any atom is 3.00 e. The summed E-state index contributed by atoms with van der Waals surface area (Å²) in [5.74, 6) is -0.375. The molecule has 0 aliphatic carbocycles. The van der Waals surface area contributed by atoms with E-state index in [0.29, 0.717) is 0 Å². The summed E-state index contributed by atoms with van der Waals surface area (Å²) in [6.07, 6.45) is 1.06. The van der Waals surface area contributed by atoms with Gasteiger partial charge in [0.05, 0.1) is 0 Å². The van der Waals surface area contributed by atoms with E-state index in [4.69, 9.17) is 0 Å². The van der Waals surface area contributed by atoms with Crippen molar-refractivity contribution in [2.45, 2.75) is 13.8 Å². The summed E-state index contributed by atoms with van der Waals surface area (Å²) in [5.41, 5.74) is 0. The molecule has 0 N–H and O–H groups in total. The van der Waals surface area contributed by atoms with Crippen molar-refractivity contribution in [1.82, 2.24) is 0 Å². The van der Waals surface area contributed by atoms with Crippen LogP contribution in [0.2, 0.25) is 0 Å². The number of hydrogen-bond donors (Lipinski definition) is 0. The Labute approximate surface area is 59.1 Å². The fourth-order valence-electron chi connectivity index (χ4n) is 0.286. The molecule has 0 bridgehead atoms. The maximum atomic E-state index is 9.98. The fraction of sp³-hybridized carbons (Fsp3) is 0.400. The first-order valence-electron chi connectivity index (χ1n) is 1.99. The smallest absolute Gasteiger partial charge is 0.876 e. The quantitative estimate of drug-likeness (QED) is 0.299. The molecule has 2 nitrogen and oxygen atoms in total. The van der Waals surface area contributed by atoms with E-state index in [1.807, 2.05) is 0 Å². The van der Waals surface area contributed by atoms with Crippen LogP contribution in [0.3, 0.4) is 0 Å². The standard InChI is InChI=1S/C5H8O2.Mn/c1-4(6)3-5(2)7;/h3,6H,1-2H3;/q;+3/p-1. The van der Waals surface area contributed by atoms with E-state index in [-0.39, 0.29) is 28.6 Å². The summed E-state index contributed by atoms with van der Waals surface area (Å²) in [6, 6.07) is 0. The number of carbonyl (C=O) groups excluding carboxylic acids is 1. The molecule has 0 atom stereocenters. The average molecular weight is 154 g/mol. The van der Waals surface area contributed by atoms with Crippen LogP contribution in [0.15, 0.2) is 11.8 Å². The summed E-state index contributed by atoms with van der Waals surface area (Å²) in [4.78, 5) is 9.98. The van der Waals surface area contributed by atoms with Gasteiger partial charge in [-0.15, -0.1) is 5.76 Å². The van der Waals surface area contributed by atoms with E-state index in [1.165, 1.54) is 13.8 Å². The van der Waals surface area contributed by atoms with Crippen LogP contribution in [0.5, 0.6) is 0 Å². The van der Waals surface area contributed by atoms with Gasteiger partial charge >= 0.3 is 17.1 Å². The van der Waals surface area contributed by atoms with Crippen LogP contribution in [0.1, 0.15) is 13.8 Å². The minimum absolute atomic E-state index is 0. The largest absolute Gasteiger partial charge is 3.00 e. The van der Waals surface area contributed by atoms with Gasteiger partial charge < -0.3 is 5.11 Å². The number of carbonyl (C=O) groups is 1. The molecule has 0 aliphatic rings. The molecule has 0 saturated carbocycles. The van der Waals surface area contributed by atoms with Gasteiger partial charge in [-0.2, -0.15) is 0 Å². The van der Waals surface area contributed by atoms with E-state index < -0.39 is 0 Å². The van der Waals surface area contributed by atoms with Crippen molar-refractivity contribution >= 4 is 5.78 Å². The number of hydrogen-bond acceptors (Lipinski definition) is 2. The van der Waals surface area contributed by atoms with Crippen molar-refractivity contribution in [2.75, 3.05) is 0 Å². The topological polar surface area (TPSA) is 40.1 Å². The zero-order chi connectivity index (χ0) is 5.86. The number of allylic oxidation sites excluding steroid dienone is 2. The molecule has 0 heterocycles. The molecule has 0 saturated heterocycles. The predicted octanol–water partition coefficient (Wildman–Crippen LogP) is -0.163. The van der Waals surface area contributed by atoms with Crippen molar-refractivity contribution in [3.05, 3.63) is 11.8 Å². The zero-order valence-electron chi connectivity index (χ0n) is 4.77. The van der Waals surface area contributed by atoms with Gasteiger partial charge in [0.15, 0.2) is 5.78 Å². The first kappa shape index (κ1) is 10.7. The summed E-state index contributed by atoms with van der Waals surface area (Å²) >= 11 is 0. The second-order valence-corrected chi connectivity index (χ2v) is 1.37. The third-order valence-electron chi connectivity index (χ3n) is 0.407. The molecule has 0 radical (unpaired) electrons. The van der Waals surface area contributed by atoms with Crippen LogP contribution in [0.4, 0.5) is 0 Å². The molecule has 0 amide bonds. The first-order valence-corrected chi connectivity index (χ1v) is 1.99. The normalized spacial score (nSPS) is 10.0. The van der Waals surface area contributed by atoms with Crippen molar-refractivity contribution in [3.63, 3.8) is 0 Å². The van der Waals surface area contributed by atoms with Gasteiger partial charge in [0.1, 0.15) is 0 Å². The molecule has 0 aromatic carbocycles. The second kappa shape index (κ2) is 4.88. The molecular weight excluding hydrogens is 147 g/mol. The Morgan fingerprint density at radius 3 is 1.88 bits per heavy atom. The second-order valence-electron chi connectivity index (χ2n) is 1.37. The molecule has 44 valence electrons. The van der Waals surface area contributed by atoms with Gasteiger partial charge in [-0.3, -0.25) is 4.79 Å². The summed E-state index contributed by atoms with van der Waals surface area (Å²) < 4.78 is 0. The Balaban J connectivity index is 0. The maximum absolute atomic E-state index is 9.98. The van der Waals surface area contributed by atoms with Crippen LogP contribution in [-0.2, 0) is 21.9 Å². The van der Waals surface area contributed by atoms with Crippen LogP contribution in [-0.4, -0.2) is 5.78 Å². The predicted molar refractivity (Wildman–Crippen MR) is 24.4 cm³/mol.